The summed E-state index contributed by atoms with van der Waals surface area (Å²) in [5, 5.41) is 0.567. The first-order chi connectivity index (χ1) is 6.65. The van der Waals surface area contributed by atoms with Gasteiger partial charge in [-0.1, -0.05) is 25.4 Å². The first-order valence-corrected chi connectivity index (χ1v) is 4.87. The van der Waals surface area contributed by atoms with Gasteiger partial charge in [-0.2, -0.15) is 0 Å². The fourth-order valence-corrected chi connectivity index (χ4v) is 1.12. The topological polar surface area (TPSA) is 26.3 Å². The average molecular weight is 215 g/mol. The normalized spacial score (nSPS) is 8.64. The fourth-order valence-electron chi connectivity index (χ4n) is 0.956. The largest absolute Gasteiger partial charge is 0.496 e. The lowest BCUT2D eigenvalue weighted by atomic mass is 10.1. The molecular formula is C11H15ClO2. The van der Waals surface area contributed by atoms with Crippen LogP contribution < -0.4 is 4.74 Å². The van der Waals surface area contributed by atoms with E-state index in [2.05, 4.69) is 0 Å². The monoisotopic (exact) mass is 214 g/mol. The van der Waals surface area contributed by atoms with Crippen molar-refractivity contribution in [1.29, 1.82) is 0 Å². The molecule has 0 amide bonds. The molecule has 78 valence electrons. The molecule has 0 aliphatic rings. The lowest BCUT2D eigenvalue weighted by molar-refractivity contribution is 0.101. The summed E-state index contributed by atoms with van der Waals surface area (Å²) in [7, 11) is 1.51. The van der Waals surface area contributed by atoms with Gasteiger partial charge in [0.25, 0.3) is 0 Å². The van der Waals surface area contributed by atoms with Crippen LogP contribution in [0.15, 0.2) is 18.2 Å². The predicted molar refractivity (Wildman–Crippen MR) is 59.4 cm³/mol. The molecule has 0 aliphatic heterocycles. The molecule has 3 heteroatoms. The van der Waals surface area contributed by atoms with E-state index in [1.54, 1.807) is 18.2 Å². The Kier molecular flexibility index (Phi) is 5.97. The van der Waals surface area contributed by atoms with Gasteiger partial charge in [0.2, 0.25) is 0 Å². The van der Waals surface area contributed by atoms with Gasteiger partial charge in [0.15, 0.2) is 5.78 Å². The maximum absolute atomic E-state index is 11.0. The van der Waals surface area contributed by atoms with Crippen molar-refractivity contribution < 1.29 is 9.53 Å². The molecule has 0 atom stereocenters. The summed E-state index contributed by atoms with van der Waals surface area (Å²) in [5.41, 5.74) is 0.557. The van der Waals surface area contributed by atoms with E-state index in [0.29, 0.717) is 16.3 Å². The fraction of sp³-hybridized carbons (Fsp3) is 0.364. The van der Waals surface area contributed by atoms with E-state index >= 15 is 0 Å². The second-order valence-corrected chi connectivity index (χ2v) is 2.84. The summed E-state index contributed by atoms with van der Waals surface area (Å²) >= 11 is 5.71. The first kappa shape index (κ1) is 13.0. The van der Waals surface area contributed by atoms with E-state index in [-0.39, 0.29) is 5.78 Å². The van der Waals surface area contributed by atoms with Crippen LogP contribution in [-0.4, -0.2) is 12.9 Å². The molecule has 0 spiro atoms. The van der Waals surface area contributed by atoms with Crippen LogP contribution in [-0.2, 0) is 0 Å². The van der Waals surface area contributed by atoms with E-state index in [4.69, 9.17) is 16.3 Å². The van der Waals surface area contributed by atoms with E-state index in [1.165, 1.54) is 14.0 Å². The number of hydrogen-bond acceptors (Lipinski definition) is 2. The van der Waals surface area contributed by atoms with Crippen LogP contribution in [0.3, 0.4) is 0 Å². The van der Waals surface area contributed by atoms with Gasteiger partial charge in [-0.25, -0.2) is 0 Å². The predicted octanol–water partition coefficient (Wildman–Crippen LogP) is 3.58. The molecule has 0 bridgehead atoms. The van der Waals surface area contributed by atoms with Crippen LogP contribution in [0.2, 0.25) is 5.02 Å². The van der Waals surface area contributed by atoms with Gasteiger partial charge in [0, 0.05) is 5.02 Å². The number of Topliss-reactive ketones (excluding diaryl/α,β-unsaturated/α-hetero) is 1. The Bertz CT molecular complexity index is 308. The van der Waals surface area contributed by atoms with Gasteiger partial charge in [0.1, 0.15) is 5.75 Å². The summed E-state index contributed by atoms with van der Waals surface area (Å²) < 4.78 is 4.98. The van der Waals surface area contributed by atoms with Crippen molar-refractivity contribution in [3.05, 3.63) is 28.8 Å². The second-order valence-electron chi connectivity index (χ2n) is 2.40. The molecule has 14 heavy (non-hydrogen) atoms. The van der Waals surface area contributed by atoms with Gasteiger partial charge in [0.05, 0.1) is 12.7 Å². The molecule has 0 aliphatic carbocycles. The Hall–Kier alpha value is -1.02. The molecule has 0 unspecified atom stereocenters. The summed E-state index contributed by atoms with van der Waals surface area (Å²) in [5.74, 6) is 0.499. The Balaban J connectivity index is 0.000000791. The molecule has 0 saturated carbocycles. The third-order valence-electron chi connectivity index (χ3n) is 1.54. The van der Waals surface area contributed by atoms with Crippen molar-refractivity contribution in [3.8, 4) is 5.75 Å². The van der Waals surface area contributed by atoms with Gasteiger partial charge in [-0.05, 0) is 25.1 Å². The lowest BCUT2D eigenvalue weighted by Gasteiger charge is -2.04. The molecule has 0 fully saturated rings. The minimum absolute atomic E-state index is 0.0245. The van der Waals surface area contributed by atoms with Gasteiger partial charge >= 0.3 is 0 Å². The average Bonchev–Trinajstić information content (AvgIpc) is 2.20. The number of hydrogen-bond donors (Lipinski definition) is 0. The smallest absolute Gasteiger partial charge is 0.163 e. The minimum atomic E-state index is -0.0245. The zero-order valence-electron chi connectivity index (χ0n) is 8.93. The standard InChI is InChI=1S/C9H9ClO2.C2H6/c1-6(11)8-4-3-7(10)5-9(8)12-2;1-2/h3-5H,1-2H3;1-2H3. The molecular weight excluding hydrogens is 200 g/mol. The molecule has 0 radical (unpaired) electrons. The summed E-state index contributed by atoms with van der Waals surface area (Å²) in [6.07, 6.45) is 0. The van der Waals surface area contributed by atoms with Gasteiger partial charge in [-0.15, -0.1) is 0 Å². The molecule has 0 N–H and O–H groups in total. The highest BCUT2D eigenvalue weighted by atomic mass is 35.5. The molecule has 1 rings (SSSR count). The zero-order chi connectivity index (χ0) is 11.1. The summed E-state index contributed by atoms with van der Waals surface area (Å²) in [6, 6.07) is 4.95. The maximum Gasteiger partial charge on any atom is 0.163 e. The van der Waals surface area contributed by atoms with Crippen LogP contribution in [0.4, 0.5) is 0 Å². The Labute approximate surface area is 89.8 Å². The highest BCUT2D eigenvalue weighted by Crippen LogP contribution is 2.23. The molecule has 0 heterocycles. The zero-order valence-corrected chi connectivity index (χ0v) is 9.68. The number of halogens is 1. The second kappa shape index (κ2) is 6.44. The van der Waals surface area contributed by atoms with Gasteiger partial charge in [-0.3, -0.25) is 4.79 Å². The van der Waals surface area contributed by atoms with Crippen LogP contribution in [0, 0.1) is 0 Å². The van der Waals surface area contributed by atoms with Crippen LogP contribution >= 0.6 is 11.6 Å². The van der Waals surface area contributed by atoms with Crippen LogP contribution in [0.5, 0.6) is 5.75 Å². The number of ether oxygens (including phenoxy) is 1. The van der Waals surface area contributed by atoms with Crippen LogP contribution in [0.25, 0.3) is 0 Å². The third-order valence-corrected chi connectivity index (χ3v) is 1.78. The molecule has 1 aromatic carbocycles. The van der Waals surface area contributed by atoms with E-state index in [9.17, 15) is 4.79 Å². The molecule has 0 saturated heterocycles. The molecule has 1 aromatic rings. The van der Waals surface area contributed by atoms with E-state index in [1.807, 2.05) is 13.8 Å². The van der Waals surface area contributed by atoms with Gasteiger partial charge < -0.3 is 4.74 Å². The van der Waals surface area contributed by atoms with Crippen molar-refractivity contribution in [2.75, 3.05) is 7.11 Å². The van der Waals surface area contributed by atoms with Crippen molar-refractivity contribution in [2.45, 2.75) is 20.8 Å². The number of carbonyl (C=O) groups excluding carboxylic acids is 1. The van der Waals surface area contributed by atoms with E-state index in [0.717, 1.165) is 0 Å². The van der Waals surface area contributed by atoms with Crippen LogP contribution in [0.1, 0.15) is 31.1 Å². The summed E-state index contributed by atoms with van der Waals surface area (Å²) in [6.45, 7) is 5.49. The SMILES string of the molecule is CC.COc1cc(Cl)ccc1C(C)=O. The van der Waals surface area contributed by atoms with Crippen molar-refractivity contribution in [3.63, 3.8) is 0 Å². The Morgan fingerprint density at radius 2 is 1.93 bits per heavy atom. The maximum atomic E-state index is 11.0. The molecule has 2 nitrogen and oxygen atoms in total. The lowest BCUT2D eigenvalue weighted by Crippen LogP contribution is -1.96. The number of methoxy groups -OCH3 is 1. The van der Waals surface area contributed by atoms with Crippen molar-refractivity contribution in [1.82, 2.24) is 0 Å². The Morgan fingerprint density at radius 1 is 1.36 bits per heavy atom. The first-order valence-electron chi connectivity index (χ1n) is 4.49. The Morgan fingerprint density at radius 3 is 2.36 bits per heavy atom. The highest BCUT2D eigenvalue weighted by Gasteiger charge is 2.06. The molecule has 0 aromatic heterocycles. The number of rotatable bonds is 2. The number of ketones is 1. The minimum Gasteiger partial charge on any atom is -0.496 e. The third kappa shape index (κ3) is 3.38. The number of carbonyl (C=O) groups is 1. The quantitative estimate of drug-likeness (QED) is 0.704. The van der Waals surface area contributed by atoms with Crippen molar-refractivity contribution in [2.24, 2.45) is 0 Å². The number of benzene rings is 1. The highest BCUT2D eigenvalue weighted by molar-refractivity contribution is 6.30. The summed E-state index contributed by atoms with van der Waals surface area (Å²) in [4.78, 5) is 11.0. The van der Waals surface area contributed by atoms with Crippen molar-refractivity contribution >= 4 is 17.4 Å². The van der Waals surface area contributed by atoms with E-state index < -0.39 is 0 Å².